The topological polar surface area (TPSA) is 96.8 Å². The lowest BCUT2D eigenvalue weighted by molar-refractivity contribution is 0.0630. The number of carbonyl (C=O) groups is 2. The molecule has 0 radical (unpaired) electrons. The predicted molar refractivity (Wildman–Crippen MR) is 85.4 cm³/mol. The summed E-state index contributed by atoms with van der Waals surface area (Å²) in [5.74, 6) is 0.499. The van der Waals surface area contributed by atoms with Gasteiger partial charge in [0.25, 0.3) is 11.8 Å². The number of benzene rings is 1. The first-order valence-electron chi connectivity index (χ1n) is 6.99. The molecule has 3 N–H and O–H groups in total. The van der Waals surface area contributed by atoms with E-state index in [-0.39, 0.29) is 37.4 Å². The number of carbonyl (C=O) groups excluding carboxylic acids is 2. The number of fused-ring (bicyclic) bond motifs is 1. The molecule has 0 spiro atoms. The Hall–Kier alpha value is -2.15. The van der Waals surface area contributed by atoms with Crippen LogP contribution in [0.2, 0.25) is 0 Å². The maximum absolute atomic E-state index is 12.3. The van der Waals surface area contributed by atoms with Crippen molar-refractivity contribution in [1.29, 1.82) is 0 Å². The SMILES string of the molecule is Cl.NC(CO)Cc1ccc(CN2C(=O)c3ccccc3C2=O)o1. The molecule has 1 aromatic heterocycles. The van der Waals surface area contributed by atoms with Crippen LogP contribution in [0.25, 0.3) is 0 Å². The molecule has 0 saturated carbocycles. The van der Waals surface area contributed by atoms with Crippen molar-refractivity contribution in [2.24, 2.45) is 5.73 Å². The fourth-order valence-electron chi connectivity index (χ4n) is 2.48. The van der Waals surface area contributed by atoms with Gasteiger partial charge in [-0.2, -0.15) is 0 Å². The Morgan fingerprint density at radius 3 is 2.17 bits per heavy atom. The normalized spacial score (nSPS) is 14.6. The van der Waals surface area contributed by atoms with E-state index in [1.165, 1.54) is 4.90 Å². The minimum absolute atomic E-state index is 0. The summed E-state index contributed by atoms with van der Waals surface area (Å²) in [7, 11) is 0. The number of nitrogens with two attached hydrogens (primary N) is 1. The quantitative estimate of drug-likeness (QED) is 0.804. The van der Waals surface area contributed by atoms with E-state index >= 15 is 0 Å². The first-order chi connectivity index (χ1) is 10.6. The predicted octanol–water partition coefficient (Wildman–Crippen LogP) is 1.36. The Kier molecular flexibility index (Phi) is 5.20. The summed E-state index contributed by atoms with van der Waals surface area (Å²) in [6, 6.07) is 9.81. The Bertz CT molecular complexity index is 693. The Morgan fingerprint density at radius 1 is 1.04 bits per heavy atom. The van der Waals surface area contributed by atoms with Gasteiger partial charge in [0, 0.05) is 12.5 Å². The lowest BCUT2D eigenvalue weighted by Gasteiger charge is -2.11. The van der Waals surface area contributed by atoms with Gasteiger partial charge in [-0.3, -0.25) is 14.5 Å². The van der Waals surface area contributed by atoms with Crippen LogP contribution in [-0.2, 0) is 13.0 Å². The molecule has 1 unspecified atom stereocenters. The minimum Gasteiger partial charge on any atom is -0.464 e. The molecular weight excluding hydrogens is 320 g/mol. The number of hydrogen-bond acceptors (Lipinski definition) is 5. The van der Waals surface area contributed by atoms with Crippen molar-refractivity contribution in [3.05, 3.63) is 59.0 Å². The average molecular weight is 337 g/mol. The second kappa shape index (κ2) is 6.95. The molecule has 1 aliphatic rings. The zero-order chi connectivity index (χ0) is 15.7. The van der Waals surface area contributed by atoms with Crippen LogP contribution >= 0.6 is 12.4 Å². The molecule has 1 aliphatic heterocycles. The molecule has 0 aliphatic carbocycles. The number of aliphatic hydroxyl groups excluding tert-OH is 1. The monoisotopic (exact) mass is 336 g/mol. The van der Waals surface area contributed by atoms with Crippen LogP contribution in [0.3, 0.4) is 0 Å². The number of furan rings is 1. The molecule has 0 bridgehead atoms. The maximum Gasteiger partial charge on any atom is 0.261 e. The van der Waals surface area contributed by atoms with Crippen LogP contribution in [0, 0.1) is 0 Å². The molecule has 2 aromatic rings. The first-order valence-corrected chi connectivity index (χ1v) is 6.99. The summed E-state index contributed by atoms with van der Waals surface area (Å²) >= 11 is 0. The summed E-state index contributed by atoms with van der Waals surface area (Å²) < 4.78 is 5.58. The summed E-state index contributed by atoms with van der Waals surface area (Å²) in [6.07, 6.45) is 0.401. The lowest BCUT2D eigenvalue weighted by Crippen LogP contribution is -2.29. The first kappa shape index (κ1) is 17.2. The van der Waals surface area contributed by atoms with Crippen LogP contribution in [0.4, 0.5) is 0 Å². The van der Waals surface area contributed by atoms with E-state index in [1.807, 2.05) is 0 Å². The standard InChI is InChI=1S/C16H16N2O4.ClH/c17-10(9-19)7-11-5-6-12(22-11)8-18-15(20)13-3-1-2-4-14(13)16(18)21;/h1-6,10,19H,7-9,17H2;1H. The van der Waals surface area contributed by atoms with Crippen molar-refractivity contribution in [2.45, 2.75) is 19.0 Å². The van der Waals surface area contributed by atoms with Crippen LogP contribution in [0.5, 0.6) is 0 Å². The highest BCUT2D eigenvalue weighted by molar-refractivity contribution is 6.21. The fraction of sp³-hybridized carbons (Fsp3) is 0.250. The van der Waals surface area contributed by atoms with Gasteiger partial charge in [0.2, 0.25) is 0 Å². The number of aliphatic hydroxyl groups is 1. The highest BCUT2D eigenvalue weighted by atomic mass is 35.5. The molecule has 0 saturated heterocycles. The second-order valence-corrected chi connectivity index (χ2v) is 5.26. The Balaban J connectivity index is 0.00000192. The van der Waals surface area contributed by atoms with Gasteiger partial charge in [-0.1, -0.05) is 12.1 Å². The molecule has 122 valence electrons. The molecule has 2 amide bonds. The van der Waals surface area contributed by atoms with Gasteiger partial charge < -0.3 is 15.3 Å². The van der Waals surface area contributed by atoms with E-state index in [1.54, 1.807) is 36.4 Å². The van der Waals surface area contributed by atoms with Gasteiger partial charge in [0.1, 0.15) is 11.5 Å². The van der Waals surface area contributed by atoms with Gasteiger partial charge in [0.15, 0.2) is 0 Å². The van der Waals surface area contributed by atoms with E-state index in [2.05, 4.69) is 0 Å². The summed E-state index contributed by atoms with van der Waals surface area (Å²) in [4.78, 5) is 25.7. The average Bonchev–Trinajstić information content (AvgIpc) is 3.06. The largest absolute Gasteiger partial charge is 0.464 e. The molecule has 0 fully saturated rings. The third-order valence-electron chi connectivity index (χ3n) is 3.61. The van der Waals surface area contributed by atoms with Crippen molar-refractivity contribution in [3.63, 3.8) is 0 Å². The second-order valence-electron chi connectivity index (χ2n) is 5.26. The van der Waals surface area contributed by atoms with Gasteiger partial charge in [-0.25, -0.2) is 0 Å². The number of rotatable bonds is 5. The summed E-state index contributed by atoms with van der Waals surface area (Å²) in [6.45, 7) is -0.0465. The van der Waals surface area contributed by atoms with Gasteiger partial charge in [-0.05, 0) is 24.3 Å². The van der Waals surface area contributed by atoms with E-state index in [0.717, 1.165) is 0 Å². The highest BCUT2D eigenvalue weighted by Gasteiger charge is 2.35. The van der Waals surface area contributed by atoms with Crippen molar-refractivity contribution >= 4 is 24.2 Å². The zero-order valence-electron chi connectivity index (χ0n) is 12.3. The highest BCUT2D eigenvalue weighted by Crippen LogP contribution is 2.24. The molecule has 23 heavy (non-hydrogen) atoms. The van der Waals surface area contributed by atoms with E-state index in [0.29, 0.717) is 29.1 Å². The molecule has 3 rings (SSSR count). The number of amides is 2. The number of halogens is 1. The molecule has 2 heterocycles. The van der Waals surface area contributed by atoms with E-state index < -0.39 is 6.04 Å². The van der Waals surface area contributed by atoms with E-state index in [9.17, 15) is 9.59 Å². The molecular formula is C16H17ClN2O4. The molecule has 6 nitrogen and oxygen atoms in total. The summed E-state index contributed by atoms with van der Waals surface area (Å²) in [5.41, 5.74) is 6.49. The fourth-order valence-corrected chi connectivity index (χ4v) is 2.48. The van der Waals surface area contributed by atoms with Gasteiger partial charge in [0.05, 0.1) is 24.3 Å². The van der Waals surface area contributed by atoms with Crippen LogP contribution < -0.4 is 5.73 Å². The van der Waals surface area contributed by atoms with Crippen LogP contribution in [0.15, 0.2) is 40.8 Å². The third-order valence-corrected chi connectivity index (χ3v) is 3.61. The minimum atomic E-state index is -0.390. The number of nitrogens with zero attached hydrogens (tertiary/aromatic N) is 1. The van der Waals surface area contributed by atoms with E-state index in [4.69, 9.17) is 15.3 Å². The molecule has 7 heteroatoms. The smallest absolute Gasteiger partial charge is 0.261 e. The Labute approximate surface area is 139 Å². The number of hydrogen-bond donors (Lipinski definition) is 2. The zero-order valence-corrected chi connectivity index (χ0v) is 13.1. The number of imide groups is 1. The Morgan fingerprint density at radius 2 is 1.61 bits per heavy atom. The van der Waals surface area contributed by atoms with Gasteiger partial charge >= 0.3 is 0 Å². The van der Waals surface area contributed by atoms with Crippen molar-refractivity contribution in [3.8, 4) is 0 Å². The third kappa shape index (κ3) is 3.29. The molecule has 1 aromatic carbocycles. The summed E-state index contributed by atoms with van der Waals surface area (Å²) in [5, 5.41) is 8.94. The van der Waals surface area contributed by atoms with Crippen molar-refractivity contribution in [1.82, 2.24) is 4.90 Å². The maximum atomic E-state index is 12.3. The van der Waals surface area contributed by atoms with Gasteiger partial charge in [-0.15, -0.1) is 12.4 Å². The van der Waals surface area contributed by atoms with Crippen LogP contribution in [-0.4, -0.2) is 34.5 Å². The van der Waals surface area contributed by atoms with Crippen molar-refractivity contribution < 1.29 is 19.1 Å². The lowest BCUT2D eigenvalue weighted by atomic mass is 10.1. The van der Waals surface area contributed by atoms with Crippen LogP contribution in [0.1, 0.15) is 32.2 Å². The van der Waals surface area contributed by atoms with Crippen molar-refractivity contribution in [2.75, 3.05) is 6.61 Å². The molecule has 1 atom stereocenters.